The van der Waals surface area contributed by atoms with E-state index in [1.54, 1.807) is 6.20 Å². The Morgan fingerprint density at radius 3 is 2.59 bits per heavy atom. The van der Waals surface area contributed by atoms with E-state index in [2.05, 4.69) is 15.2 Å². The van der Waals surface area contributed by atoms with Crippen LogP contribution in [0.5, 0.6) is 0 Å². The molecule has 1 saturated heterocycles. The number of hydrogen-bond acceptors (Lipinski definition) is 4. The third-order valence-corrected chi connectivity index (χ3v) is 2.82. The molecule has 1 aromatic heterocycles. The van der Waals surface area contributed by atoms with Gasteiger partial charge in [0.15, 0.2) is 5.82 Å². The van der Waals surface area contributed by atoms with Crippen LogP contribution in [0.2, 0.25) is 0 Å². The van der Waals surface area contributed by atoms with Gasteiger partial charge in [0.2, 0.25) is 0 Å². The van der Waals surface area contributed by atoms with Gasteiger partial charge in [0.1, 0.15) is 0 Å². The molecule has 1 aromatic rings. The van der Waals surface area contributed by atoms with Crippen LogP contribution >= 0.6 is 0 Å². The molecule has 0 radical (unpaired) electrons. The molecule has 0 aromatic carbocycles. The van der Waals surface area contributed by atoms with E-state index in [1.807, 2.05) is 33.0 Å². The molecule has 2 N–H and O–H groups in total. The summed E-state index contributed by atoms with van der Waals surface area (Å²) >= 11 is 0. The smallest absolute Gasteiger partial charge is 0.151 e. The fourth-order valence-electron chi connectivity index (χ4n) is 1.92. The third-order valence-electron chi connectivity index (χ3n) is 2.82. The highest BCUT2D eigenvalue weighted by molar-refractivity contribution is 5.65. The quantitative estimate of drug-likeness (QED) is 0.827. The van der Waals surface area contributed by atoms with E-state index >= 15 is 0 Å². The van der Waals surface area contributed by atoms with Crippen molar-refractivity contribution in [3.8, 4) is 0 Å². The average Bonchev–Trinajstić information content (AvgIpc) is 2.42. The largest absolute Gasteiger partial charge is 0.393 e. The van der Waals surface area contributed by atoms with Crippen LogP contribution in [-0.2, 0) is 0 Å². The number of anilines is 2. The number of rotatable bonds is 2. The molecular formula is C13H23N3O. The molecule has 0 bridgehead atoms. The molecule has 0 saturated carbocycles. The van der Waals surface area contributed by atoms with Crippen molar-refractivity contribution in [3.05, 3.63) is 18.3 Å². The molecule has 2 rings (SSSR count). The van der Waals surface area contributed by atoms with E-state index in [0.717, 1.165) is 37.4 Å². The van der Waals surface area contributed by atoms with Gasteiger partial charge in [-0.2, -0.15) is 0 Å². The summed E-state index contributed by atoms with van der Waals surface area (Å²) in [6.07, 6.45) is 3.34. The molecule has 4 nitrogen and oxygen atoms in total. The normalized spacial score (nSPS) is 16.1. The Labute approximate surface area is 104 Å². The highest BCUT2D eigenvalue weighted by Gasteiger charge is 2.19. The molecule has 0 amide bonds. The van der Waals surface area contributed by atoms with E-state index in [1.165, 1.54) is 0 Å². The first-order valence-electron chi connectivity index (χ1n) is 6.37. The van der Waals surface area contributed by atoms with E-state index < -0.39 is 0 Å². The second kappa shape index (κ2) is 7.12. The van der Waals surface area contributed by atoms with Gasteiger partial charge in [0.25, 0.3) is 0 Å². The van der Waals surface area contributed by atoms with E-state index in [-0.39, 0.29) is 6.10 Å². The number of pyridine rings is 1. The molecule has 0 atom stereocenters. The van der Waals surface area contributed by atoms with Crippen molar-refractivity contribution in [1.82, 2.24) is 4.98 Å². The zero-order valence-corrected chi connectivity index (χ0v) is 11.0. The van der Waals surface area contributed by atoms with Crippen molar-refractivity contribution in [2.75, 3.05) is 30.4 Å². The topological polar surface area (TPSA) is 48.4 Å². The van der Waals surface area contributed by atoms with Gasteiger partial charge >= 0.3 is 0 Å². The Balaban J connectivity index is 0.000000686. The Bertz CT molecular complexity index is 322. The van der Waals surface area contributed by atoms with Gasteiger partial charge < -0.3 is 15.3 Å². The van der Waals surface area contributed by atoms with E-state index in [9.17, 15) is 5.11 Å². The first-order chi connectivity index (χ1) is 8.31. The third kappa shape index (κ3) is 3.60. The minimum absolute atomic E-state index is 0.136. The van der Waals surface area contributed by atoms with Gasteiger partial charge in [-0.25, -0.2) is 4.98 Å². The minimum Gasteiger partial charge on any atom is -0.393 e. The first-order valence-corrected chi connectivity index (χ1v) is 6.37. The number of aromatic nitrogens is 1. The predicted molar refractivity (Wildman–Crippen MR) is 72.6 cm³/mol. The van der Waals surface area contributed by atoms with Crippen LogP contribution in [0.3, 0.4) is 0 Å². The second-order valence-electron chi connectivity index (χ2n) is 3.84. The Kier molecular flexibility index (Phi) is 5.77. The van der Waals surface area contributed by atoms with Crippen molar-refractivity contribution >= 4 is 11.5 Å². The maximum absolute atomic E-state index is 9.44. The summed E-state index contributed by atoms with van der Waals surface area (Å²) in [5.41, 5.74) is 1.05. The molecule has 0 unspecified atom stereocenters. The van der Waals surface area contributed by atoms with Gasteiger partial charge in [-0.15, -0.1) is 0 Å². The molecule has 2 heterocycles. The monoisotopic (exact) mass is 237 g/mol. The van der Waals surface area contributed by atoms with E-state index in [4.69, 9.17) is 0 Å². The zero-order chi connectivity index (χ0) is 12.7. The van der Waals surface area contributed by atoms with E-state index in [0.29, 0.717) is 0 Å². The van der Waals surface area contributed by atoms with Gasteiger partial charge in [-0.05, 0) is 25.0 Å². The Hall–Kier alpha value is -1.29. The summed E-state index contributed by atoms with van der Waals surface area (Å²) in [7, 11) is 1.90. The number of aliphatic hydroxyl groups excluding tert-OH is 1. The second-order valence-corrected chi connectivity index (χ2v) is 3.84. The standard InChI is InChI=1S/C11H17N3O.C2H6/c1-12-10-3-2-6-13-11(10)14-7-4-9(15)5-8-14;1-2/h2-3,6,9,12,15H,4-5,7-8H2,1H3;1-2H3. The fraction of sp³-hybridized carbons (Fsp3) is 0.615. The zero-order valence-electron chi connectivity index (χ0n) is 11.0. The maximum Gasteiger partial charge on any atom is 0.151 e. The summed E-state index contributed by atoms with van der Waals surface area (Å²) in [6, 6.07) is 3.95. The van der Waals surface area contributed by atoms with Crippen LogP contribution in [0.15, 0.2) is 18.3 Å². The lowest BCUT2D eigenvalue weighted by atomic mass is 10.1. The van der Waals surface area contributed by atoms with Gasteiger partial charge in [-0.1, -0.05) is 13.8 Å². The first kappa shape index (κ1) is 13.8. The summed E-state index contributed by atoms with van der Waals surface area (Å²) in [4.78, 5) is 6.60. The van der Waals surface area contributed by atoms with Crippen molar-refractivity contribution in [1.29, 1.82) is 0 Å². The van der Waals surface area contributed by atoms with Crippen molar-refractivity contribution in [2.45, 2.75) is 32.8 Å². The number of aliphatic hydroxyl groups is 1. The number of nitrogens with zero attached hydrogens (tertiary/aromatic N) is 2. The van der Waals surface area contributed by atoms with Crippen LogP contribution < -0.4 is 10.2 Å². The minimum atomic E-state index is -0.136. The average molecular weight is 237 g/mol. The summed E-state index contributed by atoms with van der Waals surface area (Å²) < 4.78 is 0. The molecule has 0 aliphatic carbocycles. The summed E-state index contributed by atoms with van der Waals surface area (Å²) in [5.74, 6) is 0.992. The van der Waals surface area contributed by atoms with Crippen LogP contribution in [0.4, 0.5) is 11.5 Å². The Morgan fingerprint density at radius 2 is 2.00 bits per heavy atom. The van der Waals surface area contributed by atoms with Crippen LogP contribution in [0, 0.1) is 0 Å². The molecule has 96 valence electrons. The summed E-state index contributed by atoms with van der Waals surface area (Å²) in [6.45, 7) is 5.76. The fourth-order valence-corrected chi connectivity index (χ4v) is 1.92. The van der Waals surface area contributed by atoms with Crippen molar-refractivity contribution in [2.24, 2.45) is 0 Å². The lowest BCUT2D eigenvalue weighted by molar-refractivity contribution is 0.145. The number of piperidine rings is 1. The lowest BCUT2D eigenvalue weighted by Crippen LogP contribution is -2.36. The number of nitrogens with one attached hydrogen (secondary N) is 1. The molecule has 0 spiro atoms. The Morgan fingerprint density at radius 1 is 1.35 bits per heavy atom. The maximum atomic E-state index is 9.44. The van der Waals surface area contributed by atoms with Crippen LogP contribution in [0.25, 0.3) is 0 Å². The highest BCUT2D eigenvalue weighted by Crippen LogP contribution is 2.25. The molecule has 1 aliphatic rings. The van der Waals surface area contributed by atoms with Gasteiger partial charge in [-0.3, -0.25) is 0 Å². The predicted octanol–water partition coefficient (Wildman–Crippen LogP) is 2.11. The van der Waals surface area contributed by atoms with Gasteiger partial charge in [0, 0.05) is 26.3 Å². The van der Waals surface area contributed by atoms with Crippen molar-refractivity contribution < 1.29 is 5.11 Å². The summed E-state index contributed by atoms with van der Waals surface area (Å²) in [5, 5.41) is 12.6. The lowest BCUT2D eigenvalue weighted by Gasteiger charge is -2.31. The highest BCUT2D eigenvalue weighted by atomic mass is 16.3. The van der Waals surface area contributed by atoms with Crippen molar-refractivity contribution in [3.63, 3.8) is 0 Å². The number of hydrogen-bond donors (Lipinski definition) is 2. The molecule has 1 aliphatic heterocycles. The SMILES string of the molecule is CC.CNc1cccnc1N1CCC(O)CC1. The van der Waals surface area contributed by atoms with Gasteiger partial charge in [0.05, 0.1) is 11.8 Å². The molecule has 4 heteroatoms. The molecule has 1 fully saturated rings. The van der Waals surface area contributed by atoms with Crippen LogP contribution in [-0.4, -0.2) is 36.3 Å². The molecule has 17 heavy (non-hydrogen) atoms. The van der Waals surface area contributed by atoms with Crippen LogP contribution in [0.1, 0.15) is 26.7 Å². The molecular weight excluding hydrogens is 214 g/mol.